The Bertz CT molecular complexity index is 1390. The van der Waals surface area contributed by atoms with Gasteiger partial charge in [0.2, 0.25) is 0 Å². The number of hydrogen-bond donors (Lipinski definition) is 0. The maximum absolute atomic E-state index is 11.8. The van der Waals surface area contributed by atoms with Crippen molar-refractivity contribution in [1.82, 2.24) is 0 Å². The maximum atomic E-state index is 11.8. The van der Waals surface area contributed by atoms with Gasteiger partial charge in [-0.3, -0.25) is 9.59 Å². The van der Waals surface area contributed by atoms with Crippen LogP contribution in [-0.4, -0.2) is 33.9 Å². The fourth-order valence-corrected chi connectivity index (χ4v) is 4.15. The van der Waals surface area contributed by atoms with E-state index in [0.717, 1.165) is 53.4 Å². The molecule has 4 aromatic carbocycles. The smallest absolute Gasteiger partial charge is 0.169 e. The fraction of sp³-hybridized carbons (Fsp3) is 0.161. The van der Waals surface area contributed by atoms with E-state index in [0.29, 0.717) is 34.1 Å². The first-order valence-electron chi connectivity index (χ1n) is 11.8. The number of methoxy groups -OCH3 is 3. The van der Waals surface area contributed by atoms with Crippen LogP contribution in [0.5, 0.6) is 28.7 Å². The number of rotatable bonds is 11. The first-order chi connectivity index (χ1) is 18.1. The van der Waals surface area contributed by atoms with Crippen molar-refractivity contribution in [3.63, 3.8) is 0 Å². The molecule has 0 amide bonds. The van der Waals surface area contributed by atoms with Gasteiger partial charge >= 0.3 is 0 Å². The van der Waals surface area contributed by atoms with Gasteiger partial charge < -0.3 is 18.9 Å². The second-order valence-corrected chi connectivity index (χ2v) is 8.37. The third kappa shape index (κ3) is 5.98. The average Bonchev–Trinajstić information content (AvgIpc) is 2.96. The lowest BCUT2D eigenvalue weighted by molar-refractivity contribution is 0.111. The molecule has 0 spiro atoms. The number of benzene rings is 4. The van der Waals surface area contributed by atoms with Gasteiger partial charge in [0.25, 0.3) is 0 Å². The monoisotopic (exact) mass is 496 g/mol. The summed E-state index contributed by atoms with van der Waals surface area (Å²) in [7, 11) is 4.78. The third-order valence-electron chi connectivity index (χ3n) is 6.15. The van der Waals surface area contributed by atoms with Gasteiger partial charge in [-0.15, -0.1) is 0 Å². The highest BCUT2D eigenvalue weighted by Crippen LogP contribution is 2.34. The van der Waals surface area contributed by atoms with E-state index >= 15 is 0 Å². The second-order valence-electron chi connectivity index (χ2n) is 8.37. The minimum atomic E-state index is 0.478. The van der Waals surface area contributed by atoms with Crippen LogP contribution in [0.15, 0.2) is 78.9 Å². The molecule has 0 N–H and O–H groups in total. The Kier molecular flexibility index (Phi) is 8.21. The van der Waals surface area contributed by atoms with E-state index in [4.69, 9.17) is 18.9 Å². The van der Waals surface area contributed by atoms with E-state index in [2.05, 4.69) is 0 Å². The van der Waals surface area contributed by atoms with Gasteiger partial charge in [-0.2, -0.15) is 0 Å². The third-order valence-corrected chi connectivity index (χ3v) is 6.15. The minimum Gasteiger partial charge on any atom is -0.497 e. The van der Waals surface area contributed by atoms with Crippen molar-refractivity contribution >= 4 is 12.6 Å². The molecular weight excluding hydrogens is 468 g/mol. The lowest BCUT2D eigenvalue weighted by Crippen LogP contribution is -1.98. The van der Waals surface area contributed by atoms with Gasteiger partial charge in [-0.05, 0) is 95.8 Å². The molecule has 0 radical (unpaired) electrons. The molecule has 0 aromatic heterocycles. The largest absolute Gasteiger partial charge is 0.497 e. The minimum absolute atomic E-state index is 0.478. The van der Waals surface area contributed by atoms with E-state index in [-0.39, 0.29) is 0 Å². The Morgan fingerprint density at radius 2 is 1.27 bits per heavy atom. The number of aldehydes is 2. The molecule has 6 heteroatoms. The van der Waals surface area contributed by atoms with E-state index in [1.165, 1.54) is 0 Å². The van der Waals surface area contributed by atoms with E-state index in [1.807, 2.05) is 54.6 Å². The van der Waals surface area contributed by atoms with Crippen LogP contribution in [-0.2, 0) is 12.8 Å². The predicted molar refractivity (Wildman–Crippen MR) is 143 cm³/mol. The van der Waals surface area contributed by atoms with Gasteiger partial charge in [0.15, 0.2) is 17.8 Å². The molecule has 0 aliphatic heterocycles. The normalized spacial score (nSPS) is 10.5. The molecule has 0 saturated heterocycles. The molecule has 0 unspecified atom stereocenters. The van der Waals surface area contributed by atoms with E-state index in [1.54, 1.807) is 45.6 Å². The second kappa shape index (κ2) is 11.9. The summed E-state index contributed by atoms with van der Waals surface area (Å²) in [6, 6.07) is 24.2. The summed E-state index contributed by atoms with van der Waals surface area (Å²) >= 11 is 0. The van der Waals surface area contributed by atoms with Crippen molar-refractivity contribution in [1.29, 1.82) is 0 Å². The number of carbonyl (C=O) groups is 2. The molecule has 0 aliphatic rings. The van der Waals surface area contributed by atoms with Crippen LogP contribution in [0.2, 0.25) is 0 Å². The first kappa shape index (κ1) is 25.5. The molecule has 0 bridgehead atoms. The van der Waals surface area contributed by atoms with Gasteiger partial charge in [-0.1, -0.05) is 18.2 Å². The van der Waals surface area contributed by atoms with Crippen LogP contribution < -0.4 is 18.9 Å². The van der Waals surface area contributed by atoms with Crippen LogP contribution >= 0.6 is 0 Å². The Balaban J connectivity index is 1.54. The van der Waals surface area contributed by atoms with E-state index in [9.17, 15) is 9.59 Å². The van der Waals surface area contributed by atoms with Gasteiger partial charge in [0, 0.05) is 11.1 Å². The van der Waals surface area contributed by atoms with Crippen LogP contribution in [0.3, 0.4) is 0 Å². The van der Waals surface area contributed by atoms with Crippen molar-refractivity contribution < 1.29 is 28.5 Å². The number of carbonyl (C=O) groups excluding carboxylic acids is 2. The Morgan fingerprint density at radius 3 is 1.92 bits per heavy atom. The summed E-state index contributed by atoms with van der Waals surface area (Å²) in [5.74, 6) is 3.06. The molecule has 0 heterocycles. The van der Waals surface area contributed by atoms with Crippen molar-refractivity contribution in [3.8, 4) is 39.9 Å². The summed E-state index contributed by atoms with van der Waals surface area (Å²) in [5.41, 5.74) is 5.11. The Morgan fingerprint density at radius 1 is 0.595 bits per heavy atom. The average molecular weight is 497 g/mol. The SMILES string of the molecule is COc1ccc(-c2ccc(OC)cc2CCc2ccc(Oc3cc(C=O)ccc3OC)cc2)c(C=O)c1. The lowest BCUT2D eigenvalue weighted by Gasteiger charge is -2.15. The highest BCUT2D eigenvalue weighted by Gasteiger charge is 2.13. The summed E-state index contributed by atoms with van der Waals surface area (Å²) in [5, 5.41) is 0. The van der Waals surface area contributed by atoms with Gasteiger partial charge in [-0.25, -0.2) is 0 Å². The number of aryl methyl sites for hydroxylation is 2. The topological polar surface area (TPSA) is 71.1 Å². The van der Waals surface area contributed by atoms with E-state index < -0.39 is 0 Å². The zero-order valence-electron chi connectivity index (χ0n) is 21.0. The van der Waals surface area contributed by atoms with Crippen molar-refractivity contribution in [3.05, 3.63) is 101 Å². The zero-order valence-corrected chi connectivity index (χ0v) is 21.0. The standard InChI is InChI=1S/C31H28O6/c1-34-26-11-13-28(29-14-12-27(35-2)18-24(29)20-33)23(17-26)8-4-21-5-9-25(10-6-21)37-31-16-22(19-32)7-15-30(31)36-3/h5-7,9-20H,4,8H2,1-3H3. The molecule has 37 heavy (non-hydrogen) atoms. The molecule has 6 nitrogen and oxygen atoms in total. The highest BCUT2D eigenvalue weighted by atomic mass is 16.5. The summed E-state index contributed by atoms with van der Waals surface area (Å²) in [6.45, 7) is 0. The molecule has 188 valence electrons. The van der Waals surface area contributed by atoms with Crippen LogP contribution in [0.25, 0.3) is 11.1 Å². The van der Waals surface area contributed by atoms with Crippen molar-refractivity contribution in [2.45, 2.75) is 12.8 Å². The Hall–Kier alpha value is -4.58. The first-order valence-corrected chi connectivity index (χ1v) is 11.8. The van der Waals surface area contributed by atoms with Crippen LogP contribution in [0.4, 0.5) is 0 Å². The lowest BCUT2D eigenvalue weighted by atomic mass is 9.92. The molecule has 0 fully saturated rings. The van der Waals surface area contributed by atoms with Crippen LogP contribution in [0.1, 0.15) is 31.8 Å². The van der Waals surface area contributed by atoms with Gasteiger partial charge in [0.1, 0.15) is 23.5 Å². The summed E-state index contributed by atoms with van der Waals surface area (Å²) in [6.07, 6.45) is 3.14. The summed E-state index contributed by atoms with van der Waals surface area (Å²) in [4.78, 5) is 22.9. The molecule has 4 rings (SSSR count). The molecule has 4 aromatic rings. The quantitative estimate of drug-likeness (QED) is 0.218. The highest BCUT2D eigenvalue weighted by molar-refractivity contribution is 5.89. The van der Waals surface area contributed by atoms with Crippen molar-refractivity contribution in [2.75, 3.05) is 21.3 Å². The van der Waals surface area contributed by atoms with Crippen LogP contribution in [0, 0.1) is 0 Å². The predicted octanol–water partition coefficient (Wildman–Crippen LogP) is 6.58. The molecule has 0 aliphatic carbocycles. The Labute approximate surface area is 216 Å². The molecule has 0 saturated carbocycles. The zero-order chi connectivity index (χ0) is 26.2. The fourth-order valence-electron chi connectivity index (χ4n) is 4.15. The summed E-state index contributed by atoms with van der Waals surface area (Å²) < 4.78 is 22.1. The van der Waals surface area contributed by atoms with Gasteiger partial charge in [0.05, 0.1) is 21.3 Å². The number of ether oxygens (including phenoxy) is 4. The molecular formula is C31H28O6. The number of hydrogen-bond acceptors (Lipinski definition) is 6. The van der Waals surface area contributed by atoms with Crippen molar-refractivity contribution in [2.24, 2.45) is 0 Å². The maximum Gasteiger partial charge on any atom is 0.169 e. The molecule has 0 atom stereocenters.